The second kappa shape index (κ2) is 7.52. The van der Waals surface area contributed by atoms with Gasteiger partial charge < -0.3 is 20.4 Å². The lowest BCUT2D eigenvalue weighted by molar-refractivity contribution is 0.0791. The normalized spacial score (nSPS) is 11.9. The SMILES string of the molecule is Cc1cc(/C(N)=N/O)nc(OCCOCC(C)C)n1. The minimum atomic E-state index is -0.0774. The van der Waals surface area contributed by atoms with E-state index in [9.17, 15) is 0 Å². The van der Waals surface area contributed by atoms with Crippen LogP contribution < -0.4 is 10.5 Å². The van der Waals surface area contributed by atoms with Crippen LogP contribution in [0.25, 0.3) is 0 Å². The first-order valence-electron chi connectivity index (χ1n) is 6.07. The molecule has 0 saturated carbocycles. The number of nitrogens with zero attached hydrogens (tertiary/aromatic N) is 3. The van der Waals surface area contributed by atoms with Gasteiger partial charge in [0.05, 0.1) is 6.61 Å². The minimum Gasteiger partial charge on any atom is -0.461 e. The van der Waals surface area contributed by atoms with Crippen LogP contribution in [-0.2, 0) is 4.74 Å². The topological polar surface area (TPSA) is 103 Å². The molecule has 7 nitrogen and oxygen atoms in total. The van der Waals surface area contributed by atoms with E-state index in [0.29, 0.717) is 37.1 Å². The first-order valence-corrected chi connectivity index (χ1v) is 6.07. The summed E-state index contributed by atoms with van der Waals surface area (Å²) in [5, 5.41) is 11.5. The fourth-order valence-corrected chi connectivity index (χ4v) is 1.30. The smallest absolute Gasteiger partial charge is 0.317 e. The number of ether oxygens (including phenoxy) is 2. The molecule has 0 amide bonds. The summed E-state index contributed by atoms with van der Waals surface area (Å²) in [6.45, 7) is 7.44. The number of oxime groups is 1. The Morgan fingerprint density at radius 3 is 2.79 bits per heavy atom. The van der Waals surface area contributed by atoms with E-state index in [-0.39, 0.29) is 11.8 Å². The van der Waals surface area contributed by atoms with Crippen LogP contribution in [0.1, 0.15) is 25.2 Å². The summed E-state index contributed by atoms with van der Waals surface area (Å²) in [4.78, 5) is 8.13. The predicted molar refractivity (Wildman–Crippen MR) is 70.4 cm³/mol. The molecule has 3 N–H and O–H groups in total. The van der Waals surface area contributed by atoms with Crippen molar-refractivity contribution in [2.75, 3.05) is 19.8 Å². The van der Waals surface area contributed by atoms with E-state index >= 15 is 0 Å². The molecule has 0 bridgehead atoms. The fraction of sp³-hybridized carbons (Fsp3) is 0.583. The Labute approximate surface area is 112 Å². The van der Waals surface area contributed by atoms with Gasteiger partial charge >= 0.3 is 6.01 Å². The standard InChI is InChI=1S/C12H20N4O3/c1-8(2)7-18-4-5-19-12-14-9(3)6-10(15-12)11(13)16-17/h6,8,17H,4-5,7H2,1-3H3,(H2,13,16). The van der Waals surface area contributed by atoms with Gasteiger partial charge in [0.2, 0.25) is 0 Å². The van der Waals surface area contributed by atoms with Crippen molar-refractivity contribution >= 4 is 5.84 Å². The molecule has 0 aliphatic carbocycles. The van der Waals surface area contributed by atoms with E-state index in [1.54, 1.807) is 13.0 Å². The summed E-state index contributed by atoms with van der Waals surface area (Å²) >= 11 is 0. The summed E-state index contributed by atoms with van der Waals surface area (Å²) in [7, 11) is 0. The molecule has 106 valence electrons. The molecule has 1 heterocycles. The molecule has 0 unspecified atom stereocenters. The van der Waals surface area contributed by atoms with E-state index in [2.05, 4.69) is 29.0 Å². The van der Waals surface area contributed by atoms with Crippen molar-refractivity contribution in [3.05, 3.63) is 17.5 Å². The summed E-state index contributed by atoms with van der Waals surface area (Å²) in [5.74, 6) is 0.411. The first-order chi connectivity index (χ1) is 9.02. The largest absolute Gasteiger partial charge is 0.461 e. The van der Waals surface area contributed by atoms with Gasteiger partial charge in [-0.2, -0.15) is 4.98 Å². The highest BCUT2D eigenvalue weighted by Gasteiger charge is 2.07. The lowest BCUT2D eigenvalue weighted by Gasteiger charge is -2.08. The second-order valence-electron chi connectivity index (χ2n) is 4.48. The van der Waals surface area contributed by atoms with Crippen molar-refractivity contribution in [2.24, 2.45) is 16.8 Å². The molecule has 0 saturated heterocycles. The Morgan fingerprint density at radius 2 is 2.16 bits per heavy atom. The number of hydrogen-bond donors (Lipinski definition) is 2. The van der Waals surface area contributed by atoms with Gasteiger partial charge in [0, 0.05) is 12.3 Å². The van der Waals surface area contributed by atoms with E-state index in [1.165, 1.54) is 0 Å². The Hall–Kier alpha value is -1.89. The molecule has 0 atom stereocenters. The maximum absolute atomic E-state index is 8.61. The molecular weight excluding hydrogens is 248 g/mol. The monoisotopic (exact) mass is 268 g/mol. The van der Waals surface area contributed by atoms with E-state index in [4.69, 9.17) is 20.4 Å². The van der Waals surface area contributed by atoms with Gasteiger partial charge in [-0.05, 0) is 18.9 Å². The maximum Gasteiger partial charge on any atom is 0.317 e. The molecule has 7 heteroatoms. The number of nitrogens with two attached hydrogens (primary N) is 1. The van der Waals surface area contributed by atoms with Crippen LogP contribution in [0, 0.1) is 12.8 Å². The minimum absolute atomic E-state index is 0.0774. The third-order valence-electron chi connectivity index (χ3n) is 2.11. The van der Waals surface area contributed by atoms with Crippen molar-refractivity contribution in [1.29, 1.82) is 0 Å². The lowest BCUT2D eigenvalue weighted by atomic mass is 10.2. The summed E-state index contributed by atoms with van der Waals surface area (Å²) < 4.78 is 10.7. The molecule has 1 aromatic heterocycles. The van der Waals surface area contributed by atoms with E-state index in [0.717, 1.165) is 0 Å². The van der Waals surface area contributed by atoms with Gasteiger partial charge in [-0.3, -0.25) is 0 Å². The zero-order valence-electron chi connectivity index (χ0n) is 11.5. The van der Waals surface area contributed by atoms with Crippen LogP contribution in [0.2, 0.25) is 0 Å². The van der Waals surface area contributed by atoms with Gasteiger partial charge in [-0.15, -0.1) is 0 Å². The number of rotatable bonds is 7. The van der Waals surface area contributed by atoms with Gasteiger partial charge in [-0.25, -0.2) is 4.98 Å². The molecule has 0 spiro atoms. The van der Waals surface area contributed by atoms with Crippen LogP contribution in [0.5, 0.6) is 6.01 Å². The molecule has 0 fully saturated rings. The van der Waals surface area contributed by atoms with Crippen LogP contribution in [0.15, 0.2) is 11.2 Å². The van der Waals surface area contributed by atoms with Crippen LogP contribution >= 0.6 is 0 Å². The highest BCUT2D eigenvalue weighted by atomic mass is 16.5. The molecule has 0 aliphatic heterocycles. The van der Waals surface area contributed by atoms with E-state index in [1.807, 2.05) is 0 Å². The first kappa shape index (κ1) is 15.2. The number of aryl methyl sites for hydroxylation is 1. The molecule has 0 radical (unpaired) electrons. The highest BCUT2D eigenvalue weighted by molar-refractivity contribution is 5.95. The van der Waals surface area contributed by atoms with Crippen molar-refractivity contribution in [1.82, 2.24) is 9.97 Å². The zero-order chi connectivity index (χ0) is 14.3. The molecule has 0 aliphatic rings. The van der Waals surface area contributed by atoms with Crippen molar-refractivity contribution in [3.63, 3.8) is 0 Å². The second-order valence-corrected chi connectivity index (χ2v) is 4.48. The molecule has 1 rings (SSSR count). The van der Waals surface area contributed by atoms with Crippen molar-refractivity contribution < 1.29 is 14.7 Å². The number of aromatic nitrogens is 2. The molecule has 0 aromatic carbocycles. The van der Waals surface area contributed by atoms with Gasteiger partial charge in [-0.1, -0.05) is 19.0 Å². The van der Waals surface area contributed by atoms with Crippen molar-refractivity contribution in [3.8, 4) is 6.01 Å². The van der Waals surface area contributed by atoms with Gasteiger partial charge in [0.1, 0.15) is 12.3 Å². The Balaban J connectivity index is 2.52. The molecule has 19 heavy (non-hydrogen) atoms. The summed E-state index contributed by atoms with van der Waals surface area (Å²) in [5.41, 5.74) is 6.47. The van der Waals surface area contributed by atoms with Gasteiger partial charge in [0.25, 0.3) is 0 Å². The average molecular weight is 268 g/mol. The average Bonchev–Trinajstić information content (AvgIpc) is 2.36. The number of amidine groups is 1. The highest BCUT2D eigenvalue weighted by Crippen LogP contribution is 2.07. The van der Waals surface area contributed by atoms with Crippen LogP contribution in [-0.4, -0.2) is 40.8 Å². The Kier molecular flexibility index (Phi) is 6.01. The fourth-order valence-electron chi connectivity index (χ4n) is 1.30. The predicted octanol–water partition coefficient (Wildman–Crippen LogP) is 0.931. The van der Waals surface area contributed by atoms with Crippen LogP contribution in [0.3, 0.4) is 0 Å². The Bertz CT molecular complexity index is 435. The van der Waals surface area contributed by atoms with Crippen LogP contribution in [0.4, 0.5) is 0 Å². The third-order valence-corrected chi connectivity index (χ3v) is 2.11. The van der Waals surface area contributed by atoms with E-state index < -0.39 is 0 Å². The van der Waals surface area contributed by atoms with Gasteiger partial charge in [0.15, 0.2) is 5.84 Å². The summed E-state index contributed by atoms with van der Waals surface area (Å²) in [6, 6.07) is 1.80. The quantitative estimate of drug-likeness (QED) is 0.251. The molecule has 1 aromatic rings. The van der Waals surface area contributed by atoms with Crippen molar-refractivity contribution in [2.45, 2.75) is 20.8 Å². The third kappa shape index (κ3) is 5.52. The Morgan fingerprint density at radius 1 is 1.42 bits per heavy atom. The maximum atomic E-state index is 8.61. The zero-order valence-corrected chi connectivity index (χ0v) is 11.5. The summed E-state index contributed by atoms with van der Waals surface area (Å²) in [6.07, 6.45) is 0. The number of hydrogen-bond acceptors (Lipinski definition) is 6. The molecular formula is C12H20N4O3. The lowest BCUT2D eigenvalue weighted by Crippen LogP contribution is -2.17.